The fourth-order valence-corrected chi connectivity index (χ4v) is 0.277. The molecule has 0 radical (unpaired) electrons. The van der Waals surface area contributed by atoms with E-state index in [1.807, 2.05) is 12.1 Å². The first-order chi connectivity index (χ1) is 3.00. The summed E-state index contributed by atoms with van der Waals surface area (Å²) < 4.78 is 0. The molecular formula is C7H10NPd-3. The van der Waals surface area contributed by atoms with Crippen molar-refractivity contribution in [2.45, 2.75) is 0 Å². The van der Waals surface area contributed by atoms with Gasteiger partial charge in [-0.15, -0.1) is 0 Å². The van der Waals surface area contributed by atoms with Crippen molar-refractivity contribution in [3.05, 3.63) is 45.4 Å². The first-order valence-electron chi connectivity index (χ1n) is 1.77. The van der Waals surface area contributed by atoms with Crippen LogP contribution in [0.25, 0.3) is 0 Å². The van der Waals surface area contributed by atoms with Gasteiger partial charge in [0, 0.05) is 20.4 Å². The molecule has 0 saturated heterocycles. The summed E-state index contributed by atoms with van der Waals surface area (Å²) in [7, 11) is 0. The van der Waals surface area contributed by atoms with E-state index in [0.717, 1.165) is 0 Å². The van der Waals surface area contributed by atoms with Crippen LogP contribution in [0.15, 0.2) is 24.4 Å². The molecule has 0 saturated carbocycles. The Morgan fingerprint density at radius 1 is 1.11 bits per heavy atom. The third kappa shape index (κ3) is 7.81. The smallest absolute Gasteiger partial charge is 0 e. The second-order valence-corrected chi connectivity index (χ2v) is 0.959. The quantitative estimate of drug-likeness (QED) is 0.474. The SMILES string of the molecule is [CH3-].[CH3-].[Pd].[c-]1ccccn1. The zero-order valence-electron chi connectivity index (χ0n) is 5.57. The Labute approximate surface area is 71.2 Å². The van der Waals surface area contributed by atoms with Gasteiger partial charge in [-0.2, -0.15) is 18.2 Å². The molecule has 0 fully saturated rings. The van der Waals surface area contributed by atoms with Gasteiger partial charge in [-0.25, -0.2) is 0 Å². The zero-order chi connectivity index (χ0) is 4.24. The van der Waals surface area contributed by atoms with Crippen molar-refractivity contribution in [3.63, 3.8) is 0 Å². The normalized spacial score (nSPS) is 5.33. The van der Waals surface area contributed by atoms with Crippen LogP contribution in [0, 0.1) is 21.1 Å². The maximum atomic E-state index is 3.66. The van der Waals surface area contributed by atoms with Crippen LogP contribution < -0.4 is 0 Å². The number of hydrogen-bond acceptors (Lipinski definition) is 1. The molecule has 0 aliphatic rings. The predicted molar refractivity (Wildman–Crippen MR) is 35.9 cm³/mol. The molecule has 1 rings (SSSR count). The first-order valence-corrected chi connectivity index (χ1v) is 1.77. The largest absolute Gasteiger partial charge is 0.394 e. The van der Waals surface area contributed by atoms with Crippen molar-refractivity contribution >= 4 is 0 Å². The second kappa shape index (κ2) is 10.7. The molecule has 0 amide bonds. The average molecular weight is 215 g/mol. The fourth-order valence-electron chi connectivity index (χ4n) is 0.277. The maximum Gasteiger partial charge on any atom is 0 e. The summed E-state index contributed by atoms with van der Waals surface area (Å²) in [5.41, 5.74) is 0. The molecule has 9 heavy (non-hydrogen) atoms. The monoisotopic (exact) mass is 214 g/mol. The Morgan fingerprint density at radius 2 is 1.78 bits per heavy atom. The Balaban J connectivity index is -0.000000120. The van der Waals surface area contributed by atoms with E-state index in [1.165, 1.54) is 0 Å². The molecule has 0 unspecified atom stereocenters. The number of pyridine rings is 1. The van der Waals surface area contributed by atoms with Crippen LogP contribution in [0.5, 0.6) is 0 Å². The van der Waals surface area contributed by atoms with Crippen LogP contribution in [0.4, 0.5) is 0 Å². The molecule has 1 aromatic rings. The molecule has 0 aromatic carbocycles. The van der Waals surface area contributed by atoms with Crippen molar-refractivity contribution < 1.29 is 20.4 Å². The Hall–Kier alpha value is -0.188. The fraction of sp³-hybridized carbons (Fsp3) is 0. The zero-order valence-corrected chi connectivity index (χ0v) is 7.13. The molecule has 56 valence electrons. The van der Waals surface area contributed by atoms with Gasteiger partial charge in [0.15, 0.2) is 0 Å². The van der Waals surface area contributed by atoms with E-state index in [-0.39, 0.29) is 35.3 Å². The second-order valence-electron chi connectivity index (χ2n) is 0.959. The molecule has 0 bridgehead atoms. The van der Waals surface area contributed by atoms with Gasteiger partial charge in [0.05, 0.1) is 0 Å². The van der Waals surface area contributed by atoms with Crippen molar-refractivity contribution in [1.82, 2.24) is 4.98 Å². The summed E-state index contributed by atoms with van der Waals surface area (Å²) in [5.74, 6) is 0. The van der Waals surface area contributed by atoms with Crippen LogP contribution in [0.2, 0.25) is 0 Å². The van der Waals surface area contributed by atoms with Crippen LogP contribution in [0.1, 0.15) is 0 Å². The van der Waals surface area contributed by atoms with Crippen LogP contribution in [-0.4, -0.2) is 4.98 Å². The molecule has 0 spiro atoms. The van der Waals surface area contributed by atoms with Gasteiger partial charge >= 0.3 is 0 Å². The van der Waals surface area contributed by atoms with Gasteiger partial charge in [-0.1, -0.05) is 12.4 Å². The van der Waals surface area contributed by atoms with Crippen molar-refractivity contribution in [2.24, 2.45) is 0 Å². The number of hydrogen-bond donors (Lipinski definition) is 0. The third-order valence-corrected chi connectivity index (χ3v) is 0.517. The maximum absolute atomic E-state index is 3.66. The van der Waals surface area contributed by atoms with Gasteiger partial charge in [0.2, 0.25) is 0 Å². The van der Waals surface area contributed by atoms with E-state index < -0.39 is 0 Å². The van der Waals surface area contributed by atoms with Crippen LogP contribution in [-0.2, 0) is 20.4 Å². The number of rotatable bonds is 0. The van der Waals surface area contributed by atoms with E-state index in [9.17, 15) is 0 Å². The summed E-state index contributed by atoms with van der Waals surface area (Å²) in [6.45, 7) is 0. The molecule has 0 atom stereocenters. The van der Waals surface area contributed by atoms with Crippen LogP contribution >= 0.6 is 0 Å². The van der Waals surface area contributed by atoms with Crippen molar-refractivity contribution in [1.29, 1.82) is 0 Å². The van der Waals surface area contributed by atoms with E-state index >= 15 is 0 Å². The van der Waals surface area contributed by atoms with Crippen LogP contribution in [0.3, 0.4) is 0 Å². The molecule has 1 heterocycles. The Bertz CT molecular complexity index is 80.8. The summed E-state index contributed by atoms with van der Waals surface area (Å²) in [6, 6.07) is 5.50. The summed E-state index contributed by atoms with van der Waals surface area (Å²) in [4.78, 5) is 3.66. The van der Waals surface area contributed by atoms with E-state index in [1.54, 1.807) is 12.3 Å². The number of aromatic nitrogens is 1. The third-order valence-electron chi connectivity index (χ3n) is 0.517. The Kier molecular flexibility index (Phi) is 19.0. The average Bonchev–Trinajstić information content (AvgIpc) is 1.72. The topological polar surface area (TPSA) is 12.9 Å². The van der Waals surface area contributed by atoms with Gasteiger partial charge < -0.3 is 19.8 Å². The van der Waals surface area contributed by atoms with E-state index in [4.69, 9.17) is 0 Å². The van der Waals surface area contributed by atoms with Gasteiger partial charge in [0.25, 0.3) is 0 Å². The minimum absolute atomic E-state index is 0. The van der Waals surface area contributed by atoms with Gasteiger partial charge in [-0.3, -0.25) is 0 Å². The summed E-state index contributed by atoms with van der Waals surface area (Å²) in [6.07, 6.45) is 4.34. The first kappa shape index (κ1) is 15.9. The summed E-state index contributed by atoms with van der Waals surface area (Å²) in [5, 5.41) is 0. The molecule has 1 aromatic heterocycles. The van der Waals surface area contributed by atoms with Gasteiger partial charge in [-0.05, 0) is 0 Å². The van der Waals surface area contributed by atoms with Crippen molar-refractivity contribution in [2.75, 3.05) is 0 Å². The molecule has 1 nitrogen and oxygen atoms in total. The van der Waals surface area contributed by atoms with E-state index in [2.05, 4.69) is 11.2 Å². The standard InChI is InChI=1S/C5H4N.2CH3.Pd/c1-2-4-6-5-3-1;;;/h1-4H;2*1H3;/q3*-1;. The molecule has 2 heteroatoms. The van der Waals surface area contributed by atoms with Crippen molar-refractivity contribution in [3.8, 4) is 0 Å². The van der Waals surface area contributed by atoms with E-state index in [0.29, 0.717) is 0 Å². The molecule has 0 N–H and O–H groups in total. The number of nitrogens with zero attached hydrogens (tertiary/aromatic N) is 1. The minimum atomic E-state index is 0. The molecule has 0 aliphatic carbocycles. The predicted octanol–water partition coefficient (Wildman–Crippen LogP) is 1.78. The summed E-state index contributed by atoms with van der Waals surface area (Å²) >= 11 is 0. The molecule has 0 aliphatic heterocycles. The van der Waals surface area contributed by atoms with Gasteiger partial charge in [0.1, 0.15) is 0 Å². The minimum Gasteiger partial charge on any atom is -0.394 e. The molecular weight excluding hydrogens is 205 g/mol. The Morgan fingerprint density at radius 3 is 1.89 bits per heavy atom.